The van der Waals surface area contributed by atoms with Crippen molar-refractivity contribution in [1.82, 2.24) is 9.78 Å². The maximum absolute atomic E-state index is 11.9. The second-order valence-electron chi connectivity index (χ2n) is 4.01. The Morgan fingerprint density at radius 2 is 2.17 bits per heavy atom. The molecule has 1 aromatic rings. The molecule has 7 nitrogen and oxygen atoms in total. The number of hydrogen-bond donors (Lipinski definition) is 2. The van der Waals surface area contributed by atoms with Gasteiger partial charge in [0.2, 0.25) is 10.0 Å². The molecule has 3 N–H and O–H groups in total. The van der Waals surface area contributed by atoms with Crippen molar-refractivity contribution in [1.29, 1.82) is 0 Å². The summed E-state index contributed by atoms with van der Waals surface area (Å²) in [4.78, 5) is 11.9. The molecule has 0 aromatic carbocycles. The van der Waals surface area contributed by atoms with Crippen molar-refractivity contribution in [3.63, 3.8) is 0 Å². The second-order valence-corrected chi connectivity index (χ2v) is 6.54. The van der Waals surface area contributed by atoms with E-state index in [1.807, 2.05) is 13.8 Å². The molecule has 1 aromatic heterocycles. The zero-order valence-corrected chi connectivity index (χ0v) is 12.5. The average Bonchev–Trinajstić information content (AvgIpc) is 2.22. The molecule has 9 heteroatoms. The van der Waals surface area contributed by atoms with E-state index in [1.54, 1.807) is 0 Å². The first-order chi connectivity index (χ1) is 8.22. The monoisotopic (exact) mass is 338 g/mol. The highest BCUT2D eigenvalue weighted by Gasteiger charge is 2.11. The van der Waals surface area contributed by atoms with Gasteiger partial charge in [-0.2, -0.15) is 5.10 Å². The number of hydrogen-bond acceptors (Lipinski definition) is 5. The average molecular weight is 339 g/mol. The number of primary sulfonamides is 1. The van der Waals surface area contributed by atoms with Crippen molar-refractivity contribution in [2.75, 3.05) is 17.6 Å². The molecular formula is C9H15BrN4O3S. The van der Waals surface area contributed by atoms with Gasteiger partial charge in [0.1, 0.15) is 4.47 Å². The fourth-order valence-corrected chi connectivity index (χ4v) is 2.07. The molecule has 0 bridgehead atoms. The molecule has 18 heavy (non-hydrogen) atoms. The lowest BCUT2D eigenvalue weighted by molar-refractivity contribution is 0.501. The lowest BCUT2D eigenvalue weighted by atomic mass is 10.4. The number of anilines is 1. The van der Waals surface area contributed by atoms with Gasteiger partial charge in [0.05, 0.1) is 23.7 Å². The van der Waals surface area contributed by atoms with E-state index in [9.17, 15) is 13.2 Å². The highest BCUT2D eigenvalue weighted by molar-refractivity contribution is 9.10. The number of nitrogens with two attached hydrogens (primary N) is 1. The van der Waals surface area contributed by atoms with Gasteiger partial charge in [-0.15, -0.1) is 0 Å². The maximum Gasteiger partial charge on any atom is 0.283 e. The SMILES string of the molecule is CC(C)n1ncc(NCCS(N)(=O)=O)c(Br)c1=O. The summed E-state index contributed by atoms with van der Waals surface area (Å²) in [5, 5.41) is 11.6. The number of halogens is 1. The van der Waals surface area contributed by atoms with Crippen LogP contribution in [0.4, 0.5) is 5.69 Å². The fraction of sp³-hybridized carbons (Fsp3) is 0.556. The van der Waals surface area contributed by atoms with E-state index in [4.69, 9.17) is 5.14 Å². The van der Waals surface area contributed by atoms with Gasteiger partial charge in [0, 0.05) is 6.54 Å². The first-order valence-corrected chi connectivity index (χ1v) is 7.75. The Bertz CT molecular complexity index is 582. The van der Waals surface area contributed by atoms with Crippen molar-refractivity contribution in [3.05, 3.63) is 21.0 Å². The van der Waals surface area contributed by atoms with Crippen LogP contribution in [0.1, 0.15) is 19.9 Å². The Morgan fingerprint density at radius 1 is 1.56 bits per heavy atom. The highest BCUT2D eigenvalue weighted by Crippen LogP contribution is 2.16. The molecule has 102 valence electrons. The van der Waals surface area contributed by atoms with Crippen LogP contribution in [-0.4, -0.2) is 30.5 Å². The molecule has 0 aliphatic carbocycles. The van der Waals surface area contributed by atoms with Crippen molar-refractivity contribution in [3.8, 4) is 0 Å². The van der Waals surface area contributed by atoms with E-state index in [0.29, 0.717) is 10.2 Å². The quantitative estimate of drug-likeness (QED) is 0.802. The third-order valence-corrected chi connectivity index (χ3v) is 3.67. The molecule has 0 aliphatic rings. The van der Waals surface area contributed by atoms with Gasteiger partial charge >= 0.3 is 0 Å². The summed E-state index contributed by atoms with van der Waals surface area (Å²) in [5.41, 5.74) is 0.172. The standard InChI is InChI=1S/C9H15BrN4O3S/c1-6(2)14-9(15)8(10)7(5-13-14)12-3-4-18(11,16)17/h5-6,12H,3-4H2,1-2H3,(H2,11,16,17). The summed E-state index contributed by atoms with van der Waals surface area (Å²) < 4.78 is 23.2. The van der Waals surface area contributed by atoms with Crippen LogP contribution < -0.4 is 16.0 Å². The largest absolute Gasteiger partial charge is 0.382 e. The van der Waals surface area contributed by atoms with Crippen LogP contribution in [0.2, 0.25) is 0 Å². The fourth-order valence-electron chi connectivity index (χ4n) is 1.26. The maximum atomic E-state index is 11.9. The third-order valence-electron chi connectivity index (χ3n) is 2.13. The van der Waals surface area contributed by atoms with Gasteiger partial charge in [-0.25, -0.2) is 18.2 Å². The molecule has 1 rings (SSSR count). The summed E-state index contributed by atoms with van der Waals surface area (Å²) in [6.45, 7) is 3.80. The highest BCUT2D eigenvalue weighted by atomic mass is 79.9. The Kier molecular flexibility index (Phi) is 4.88. The van der Waals surface area contributed by atoms with Crippen LogP contribution >= 0.6 is 15.9 Å². The van der Waals surface area contributed by atoms with E-state index in [0.717, 1.165) is 0 Å². The van der Waals surface area contributed by atoms with E-state index >= 15 is 0 Å². The number of sulfonamides is 1. The number of rotatable bonds is 5. The van der Waals surface area contributed by atoms with E-state index in [2.05, 4.69) is 26.3 Å². The molecule has 0 radical (unpaired) electrons. The number of aromatic nitrogens is 2. The van der Waals surface area contributed by atoms with E-state index < -0.39 is 10.0 Å². The lowest BCUT2D eigenvalue weighted by Gasteiger charge is -2.12. The van der Waals surface area contributed by atoms with E-state index in [1.165, 1.54) is 10.9 Å². The molecular weight excluding hydrogens is 324 g/mol. The Hall–Kier alpha value is -0.930. The predicted molar refractivity (Wildman–Crippen MR) is 73.0 cm³/mol. The minimum absolute atomic E-state index is 0.0488. The van der Waals surface area contributed by atoms with Crippen LogP contribution in [0.5, 0.6) is 0 Å². The molecule has 1 heterocycles. The number of nitrogens with zero attached hydrogens (tertiary/aromatic N) is 2. The summed E-state index contributed by atoms with van der Waals surface area (Å²) in [7, 11) is -3.52. The van der Waals surface area contributed by atoms with Crippen molar-refractivity contribution in [2.45, 2.75) is 19.9 Å². The summed E-state index contributed by atoms with van der Waals surface area (Å²) >= 11 is 3.16. The Morgan fingerprint density at radius 3 is 2.67 bits per heavy atom. The first-order valence-electron chi connectivity index (χ1n) is 5.24. The molecule has 0 fully saturated rings. The van der Waals surface area contributed by atoms with Crippen LogP contribution in [0.25, 0.3) is 0 Å². The molecule has 0 amide bonds. The van der Waals surface area contributed by atoms with Crippen LogP contribution in [0.15, 0.2) is 15.5 Å². The van der Waals surface area contributed by atoms with Gasteiger partial charge < -0.3 is 5.32 Å². The topological polar surface area (TPSA) is 107 Å². The minimum Gasteiger partial charge on any atom is -0.382 e. The molecule has 0 aliphatic heterocycles. The minimum atomic E-state index is -3.52. The van der Waals surface area contributed by atoms with Crippen molar-refractivity contribution >= 4 is 31.6 Å². The van der Waals surface area contributed by atoms with Crippen LogP contribution in [0, 0.1) is 0 Å². The molecule has 0 saturated carbocycles. The predicted octanol–water partition coefficient (Wildman–Crippen LogP) is 0.287. The van der Waals surface area contributed by atoms with Crippen molar-refractivity contribution in [2.24, 2.45) is 5.14 Å². The van der Waals surface area contributed by atoms with Crippen LogP contribution in [0.3, 0.4) is 0 Å². The zero-order chi connectivity index (χ0) is 13.9. The molecule has 0 atom stereocenters. The second kappa shape index (κ2) is 5.81. The van der Waals surface area contributed by atoms with Crippen LogP contribution in [-0.2, 0) is 10.0 Å². The van der Waals surface area contributed by atoms with Crippen molar-refractivity contribution < 1.29 is 8.42 Å². The van der Waals surface area contributed by atoms with Gasteiger partial charge in [0.25, 0.3) is 5.56 Å². The molecule has 0 saturated heterocycles. The summed E-state index contributed by atoms with van der Waals surface area (Å²) in [6.07, 6.45) is 1.47. The van der Waals surface area contributed by atoms with Gasteiger partial charge in [-0.05, 0) is 29.8 Å². The van der Waals surface area contributed by atoms with E-state index in [-0.39, 0.29) is 23.9 Å². The molecule has 0 spiro atoms. The van der Waals surface area contributed by atoms with Gasteiger partial charge in [0.15, 0.2) is 0 Å². The smallest absolute Gasteiger partial charge is 0.283 e. The normalized spacial score (nSPS) is 11.8. The first kappa shape index (κ1) is 15.1. The Labute approximate surface area is 114 Å². The lowest BCUT2D eigenvalue weighted by Crippen LogP contribution is -2.27. The summed E-state index contributed by atoms with van der Waals surface area (Å²) in [6, 6.07) is -0.0488. The number of nitrogens with one attached hydrogen (secondary N) is 1. The third kappa shape index (κ3) is 4.07. The zero-order valence-electron chi connectivity index (χ0n) is 10.1. The summed E-state index contributed by atoms with van der Waals surface area (Å²) in [5.74, 6) is -0.216. The van der Waals surface area contributed by atoms with Gasteiger partial charge in [-0.3, -0.25) is 4.79 Å². The van der Waals surface area contributed by atoms with Gasteiger partial charge in [-0.1, -0.05) is 0 Å². The Balaban J connectivity index is 2.87. The molecule has 0 unspecified atom stereocenters.